The number of hydrazone groups is 1. The normalized spacial score (nSPS) is 24.5. The fraction of sp³-hybridized carbons (Fsp3) is 0.467. The summed E-state index contributed by atoms with van der Waals surface area (Å²) in [6.45, 7) is 2.91. The second kappa shape index (κ2) is 5.08. The number of nitrogens with zero attached hydrogens (tertiary/aromatic N) is 3. The van der Waals surface area contributed by atoms with Gasteiger partial charge in [-0.05, 0) is 31.4 Å². The van der Waals surface area contributed by atoms with Gasteiger partial charge in [-0.2, -0.15) is 10.4 Å². The highest BCUT2D eigenvalue weighted by Crippen LogP contribution is 2.33. The van der Waals surface area contributed by atoms with E-state index in [-0.39, 0.29) is 6.10 Å². The highest BCUT2D eigenvalue weighted by Gasteiger charge is 2.41. The molecule has 1 saturated heterocycles. The summed E-state index contributed by atoms with van der Waals surface area (Å²) in [6, 6.07) is 6.12. The predicted octanol–water partition coefficient (Wildman–Crippen LogP) is 2.72. The molecule has 0 radical (unpaired) electrons. The van der Waals surface area contributed by atoms with Crippen molar-refractivity contribution in [1.82, 2.24) is 5.01 Å². The van der Waals surface area contributed by atoms with Crippen LogP contribution in [0, 0.1) is 18.3 Å². The van der Waals surface area contributed by atoms with Crippen LogP contribution in [0.4, 0.5) is 0 Å². The number of rotatable bonds is 2. The monoisotopic (exact) mass is 289 g/mol. The minimum absolute atomic E-state index is 0.0137. The van der Waals surface area contributed by atoms with E-state index < -0.39 is 0 Å². The predicted molar refractivity (Wildman–Crippen MR) is 78.0 cm³/mol. The third-order valence-electron chi connectivity index (χ3n) is 4.16. The van der Waals surface area contributed by atoms with Crippen LogP contribution in [0.1, 0.15) is 29.5 Å². The van der Waals surface area contributed by atoms with Crippen LogP contribution in [-0.2, 0) is 4.74 Å². The molecular weight excluding hydrogens is 274 g/mol. The third-order valence-corrected chi connectivity index (χ3v) is 4.65. The van der Waals surface area contributed by atoms with E-state index in [0.29, 0.717) is 16.6 Å². The quantitative estimate of drug-likeness (QED) is 0.841. The van der Waals surface area contributed by atoms with Gasteiger partial charge in [-0.15, -0.1) is 0 Å². The van der Waals surface area contributed by atoms with E-state index in [0.717, 1.165) is 36.2 Å². The van der Waals surface area contributed by atoms with Crippen molar-refractivity contribution in [2.24, 2.45) is 5.10 Å². The molecule has 2 unspecified atom stereocenters. The number of nitriles is 1. The lowest BCUT2D eigenvalue weighted by molar-refractivity contribution is 0.0987. The highest BCUT2D eigenvalue weighted by molar-refractivity contribution is 6.33. The van der Waals surface area contributed by atoms with Crippen molar-refractivity contribution < 1.29 is 4.74 Å². The Labute approximate surface area is 123 Å². The summed E-state index contributed by atoms with van der Waals surface area (Å²) in [5, 5.41) is 16.4. The minimum Gasteiger partial charge on any atom is -0.373 e. The van der Waals surface area contributed by atoms with Crippen molar-refractivity contribution in [2.45, 2.75) is 31.9 Å². The Kier molecular flexibility index (Phi) is 3.41. The minimum atomic E-state index is -0.0137. The number of fused-ring (bicyclic) bond motifs is 1. The average molecular weight is 290 g/mol. The Morgan fingerprint density at radius 2 is 2.30 bits per heavy atom. The first-order valence-corrected chi connectivity index (χ1v) is 7.12. The van der Waals surface area contributed by atoms with Gasteiger partial charge in [0, 0.05) is 19.2 Å². The molecule has 104 valence electrons. The fourth-order valence-corrected chi connectivity index (χ4v) is 3.32. The van der Waals surface area contributed by atoms with Crippen LogP contribution >= 0.6 is 11.6 Å². The van der Waals surface area contributed by atoms with Gasteiger partial charge in [0.1, 0.15) is 12.2 Å². The van der Waals surface area contributed by atoms with Crippen LogP contribution < -0.4 is 0 Å². The van der Waals surface area contributed by atoms with Crippen molar-refractivity contribution in [1.29, 1.82) is 5.26 Å². The molecule has 0 spiro atoms. The van der Waals surface area contributed by atoms with Gasteiger partial charge in [0.2, 0.25) is 0 Å². The lowest BCUT2D eigenvalue weighted by atomic mass is 9.95. The van der Waals surface area contributed by atoms with E-state index in [1.807, 2.05) is 13.0 Å². The van der Waals surface area contributed by atoms with Gasteiger partial charge in [-0.3, -0.25) is 5.01 Å². The Morgan fingerprint density at radius 1 is 1.50 bits per heavy atom. The molecule has 0 aromatic heterocycles. The number of ether oxygens (including phenoxy) is 1. The molecule has 0 aliphatic carbocycles. The van der Waals surface area contributed by atoms with Gasteiger partial charge < -0.3 is 4.74 Å². The van der Waals surface area contributed by atoms with Gasteiger partial charge in [0.15, 0.2) is 0 Å². The maximum Gasteiger partial charge on any atom is 0.123 e. The lowest BCUT2D eigenvalue weighted by Gasteiger charge is -2.20. The van der Waals surface area contributed by atoms with Gasteiger partial charge in [-0.25, -0.2) is 0 Å². The van der Waals surface area contributed by atoms with E-state index in [9.17, 15) is 0 Å². The first-order valence-electron chi connectivity index (χ1n) is 6.75. The Balaban J connectivity index is 2.05. The van der Waals surface area contributed by atoms with Gasteiger partial charge in [0.05, 0.1) is 22.3 Å². The van der Waals surface area contributed by atoms with Crippen molar-refractivity contribution in [3.63, 3.8) is 0 Å². The lowest BCUT2D eigenvalue weighted by Crippen LogP contribution is -2.35. The SMILES string of the molecule is COC1C(c2ccc(C#N)c(Cl)c2C)=NN2CCCC12. The fourth-order valence-electron chi connectivity index (χ4n) is 3.11. The van der Waals surface area contributed by atoms with Gasteiger partial charge in [-0.1, -0.05) is 17.7 Å². The second-order valence-corrected chi connectivity index (χ2v) is 5.60. The zero-order valence-electron chi connectivity index (χ0n) is 11.6. The Morgan fingerprint density at radius 3 is 3.00 bits per heavy atom. The van der Waals surface area contributed by atoms with Crippen LogP contribution in [0.5, 0.6) is 0 Å². The van der Waals surface area contributed by atoms with E-state index in [1.54, 1.807) is 13.2 Å². The molecule has 3 rings (SSSR count). The van der Waals surface area contributed by atoms with Crippen molar-refractivity contribution >= 4 is 17.3 Å². The molecular formula is C15H16ClN3O. The molecule has 0 bridgehead atoms. The first kappa shape index (κ1) is 13.4. The topological polar surface area (TPSA) is 48.6 Å². The number of benzene rings is 1. The smallest absolute Gasteiger partial charge is 0.123 e. The van der Waals surface area contributed by atoms with E-state index in [1.165, 1.54) is 0 Å². The van der Waals surface area contributed by atoms with Crippen LogP contribution in [0.15, 0.2) is 17.2 Å². The first-order chi connectivity index (χ1) is 9.67. The molecule has 5 heteroatoms. The number of methoxy groups -OCH3 is 1. The zero-order chi connectivity index (χ0) is 14.3. The zero-order valence-corrected chi connectivity index (χ0v) is 12.3. The summed E-state index contributed by atoms with van der Waals surface area (Å²) >= 11 is 6.26. The van der Waals surface area contributed by atoms with E-state index in [4.69, 9.17) is 26.7 Å². The molecule has 0 N–H and O–H groups in total. The summed E-state index contributed by atoms with van der Waals surface area (Å²) in [5.41, 5.74) is 3.31. The number of hydrogen-bond donors (Lipinski definition) is 0. The Hall–Kier alpha value is -1.57. The molecule has 2 aliphatic heterocycles. The maximum atomic E-state index is 9.03. The molecule has 2 aliphatic rings. The molecule has 2 heterocycles. The van der Waals surface area contributed by atoms with Crippen molar-refractivity contribution in [2.75, 3.05) is 13.7 Å². The van der Waals surface area contributed by atoms with Gasteiger partial charge in [0.25, 0.3) is 0 Å². The number of hydrogen-bond acceptors (Lipinski definition) is 4. The van der Waals surface area contributed by atoms with Crippen LogP contribution in [-0.4, -0.2) is 36.5 Å². The standard InChI is InChI=1S/C15H16ClN3O/c1-9-11(6-5-10(8-17)13(9)16)14-15(20-2)12-4-3-7-19(12)18-14/h5-6,12,15H,3-4,7H2,1-2H3. The van der Waals surface area contributed by atoms with Gasteiger partial charge >= 0.3 is 0 Å². The molecule has 1 fully saturated rings. The van der Waals surface area contributed by atoms with Crippen molar-refractivity contribution in [3.8, 4) is 6.07 Å². The summed E-state index contributed by atoms with van der Waals surface area (Å²) in [6.07, 6.45) is 2.25. The van der Waals surface area contributed by atoms with E-state index in [2.05, 4.69) is 11.1 Å². The summed E-state index contributed by atoms with van der Waals surface area (Å²) < 4.78 is 5.66. The largest absolute Gasteiger partial charge is 0.373 e. The Bertz CT molecular complexity index is 620. The maximum absolute atomic E-state index is 9.03. The third kappa shape index (κ3) is 1.90. The molecule has 0 saturated carbocycles. The van der Waals surface area contributed by atoms with Crippen LogP contribution in [0.2, 0.25) is 5.02 Å². The highest BCUT2D eigenvalue weighted by atomic mass is 35.5. The van der Waals surface area contributed by atoms with E-state index >= 15 is 0 Å². The summed E-state index contributed by atoms with van der Waals surface area (Å²) in [4.78, 5) is 0. The average Bonchev–Trinajstić information content (AvgIpc) is 3.02. The second-order valence-electron chi connectivity index (χ2n) is 5.23. The van der Waals surface area contributed by atoms with Crippen LogP contribution in [0.25, 0.3) is 0 Å². The summed E-state index contributed by atoms with van der Waals surface area (Å²) in [5.74, 6) is 0. The molecule has 20 heavy (non-hydrogen) atoms. The number of halogens is 1. The van der Waals surface area contributed by atoms with Crippen LogP contribution in [0.3, 0.4) is 0 Å². The van der Waals surface area contributed by atoms with Crippen molar-refractivity contribution in [3.05, 3.63) is 33.8 Å². The summed E-state index contributed by atoms with van der Waals surface area (Å²) in [7, 11) is 1.72. The molecule has 4 nitrogen and oxygen atoms in total. The molecule has 2 atom stereocenters. The molecule has 1 aromatic carbocycles. The molecule has 1 aromatic rings. The molecule has 0 amide bonds.